The number of hydrogen-bond acceptors (Lipinski definition) is 4. The van der Waals surface area contributed by atoms with Crippen molar-refractivity contribution in [3.05, 3.63) is 45.1 Å². The molecule has 19 heavy (non-hydrogen) atoms. The number of aromatic hydroxyl groups is 2. The number of phenols is 2. The van der Waals surface area contributed by atoms with E-state index in [0.717, 1.165) is 24.9 Å². The quantitative estimate of drug-likeness (QED) is 0.647. The average molecular weight is 273 g/mol. The van der Waals surface area contributed by atoms with Crippen LogP contribution < -0.4 is 5.32 Å². The highest BCUT2D eigenvalue weighted by Gasteiger charge is 2.35. The average Bonchev–Trinajstić information content (AvgIpc) is 2.88. The van der Waals surface area contributed by atoms with Gasteiger partial charge in [-0.1, -0.05) is 0 Å². The summed E-state index contributed by atoms with van der Waals surface area (Å²) in [6, 6.07) is 3.91. The van der Waals surface area contributed by atoms with Gasteiger partial charge in [-0.25, -0.2) is 0 Å². The van der Waals surface area contributed by atoms with Crippen LogP contribution in [0.15, 0.2) is 22.9 Å². The van der Waals surface area contributed by atoms with Crippen molar-refractivity contribution in [1.29, 1.82) is 0 Å². The fourth-order valence-corrected chi connectivity index (χ4v) is 4.33. The van der Waals surface area contributed by atoms with Gasteiger partial charge in [-0.3, -0.25) is 0 Å². The van der Waals surface area contributed by atoms with Gasteiger partial charge in [0, 0.05) is 18.5 Å². The Kier molecular flexibility index (Phi) is 2.37. The Hall–Kier alpha value is -1.52. The highest BCUT2D eigenvalue weighted by Crippen LogP contribution is 2.44. The summed E-state index contributed by atoms with van der Waals surface area (Å²) in [4.78, 5) is 0. The Bertz CT molecular complexity index is 650. The number of fused-ring (bicyclic) bond motifs is 5. The van der Waals surface area contributed by atoms with E-state index in [-0.39, 0.29) is 11.5 Å². The molecule has 1 aliphatic heterocycles. The topological polar surface area (TPSA) is 52.5 Å². The van der Waals surface area contributed by atoms with Gasteiger partial charge >= 0.3 is 0 Å². The standard InChI is InChI=1S/C15H15NO2S/c17-13-3-8-1-2-12-15(10(8)4-14(13)18)11-7-19-6-9(11)5-16-12/h3-4,6-7,12,15-18H,1-2,5H2/t12-,15-/m1/s1. The Labute approximate surface area is 115 Å². The maximum absolute atomic E-state index is 9.80. The summed E-state index contributed by atoms with van der Waals surface area (Å²) in [5.41, 5.74) is 5.09. The van der Waals surface area contributed by atoms with E-state index in [1.165, 1.54) is 16.7 Å². The lowest BCUT2D eigenvalue weighted by Gasteiger charge is -2.38. The van der Waals surface area contributed by atoms with Crippen LogP contribution in [0.2, 0.25) is 0 Å². The minimum atomic E-state index is -0.0123. The molecule has 0 saturated carbocycles. The normalized spacial score (nSPS) is 24.4. The summed E-state index contributed by atoms with van der Waals surface area (Å²) in [7, 11) is 0. The molecule has 1 aromatic carbocycles. The molecule has 0 saturated heterocycles. The van der Waals surface area contributed by atoms with Crippen molar-refractivity contribution >= 4 is 11.3 Å². The Balaban J connectivity index is 1.91. The molecule has 0 amide bonds. The first-order valence-corrected chi connectivity index (χ1v) is 7.51. The zero-order valence-electron chi connectivity index (χ0n) is 10.4. The van der Waals surface area contributed by atoms with E-state index in [2.05, 4.69) is 16.1 Å². The molecule has 3 nitrogen and oxygen atoms in total. The molecule has 2 aromatic rings. The van der Waals surface area contributed by atoms with Gasteiger partial charge in [-0.2, -0.15) is 11.3 Å². The van der Waals surface area contributed by atoms with Crippen LogP contribution in [-0.4, -0.2) is 16.3 Å². The number of nitrogens with one attached hydrogen (secondary N) is 1. The number of aryl methyl sites for hydroxylation is 1. The summed E-state index contributed by atoms with van der Waals surface area (Å²) in [5.74, 6) is 0.290. The van der Waals surface area contributed by atoms with Gasteiger partial charge in [0.2, 0.25) is 0 Å². The first-order chi connectivity index (χ1) is 9.24. The first-order valence-electron chi connectivity index (χ1n) is 6.57. The van der Waals surface area contributed by atoms with Crippen LogP contribution in [0.3, 0.4) is 0 Å². The number of benzene rings is 1. The summed E-state index contributed by atoms with van der Waals surface area (Å²) < 4.78 is 0. The molecule has 2 atom stereocenters. The van der Waals surface area contributed by atoms with E-state index in [0.29, 0.717) is 12.0 Å². The predicted molar refractivity (Wildman–Crippen MR) is 74.9 cm³/mol. The SMILES string of the molecule is Oc1cc2c(cc1O)[C@@H]1c3cscc3CN[C@@H]1CC2. The third-order valence-electron chi connectivity index (χ3n) is 4.36. The van der Waals surface area contributed by atoms with E-state index in [9.17, 15) is 10.2 Å². The second-order valence-corrected chi connectivity index (χ2v) is 6.14. The lowest BCUT2D eigenvalue weighted by molar-refractivity contribution is 0.381. The Morgan fingerprint density at radius 1 is 1.05 bits per heavy atom. The summed E-state index contributed by atoms with van der Waals surface area (Å²) in [6.07, 6.45) is 2.04. The van der Waals surface area contributed by atoms with E-state index < -0.39 is 0 Å². The first kappa shape index (κ1) is 11.3. The van der Waals surface area contributed by atoms with Gasteiger partial charge in [0.25, 0.3) is 0 Å². The minimum absolute atomic E-state index is 0.00786. The highest BCUT2D eigenvalue weighted by molar-refractivity contribution is 7.08. The van der Waals surface area contributed by atoms with E-state index in [1.807, 2.05) is 0 Å². The van der Waals surface area contributed by atoms with Gasteiger partial charge in [0.05, 0.1) is 0 Å². The molecule has 2 aliphatic rings. The van der Waals surface area contributed by atoms with Gasteiger partial charge < -0.3 is 15.5 Å². The maximum atomic E-state index is 9.80. The molecule has 0 fully saturated rings. The third-order valence-corrected chi connectivity index (χ3v) is 5.17. The van der Waals surface area contributed by atoms with Crippen molar-refractivity contribution in [2.75, 3.05) is 0 Å². The van der Waals surface area contributed by atoms with Crippen molar-refractivity contribution < 1.29 is 10.2 Å². The number of hydrogen-bond donors (Lipinski definition) is 3. The number of thiophene rings is 1. The van der Waals surface area contributed by atoms with Crippen LogP contribution in [0.1, 0.15) is 34.6 Å². The van der Waals surface area contributed by atoms with Crippen LogP contribution in [-0.2, 0) is 13.0 Å². The van der Waals surface area contributed by atoms with Crippen molar-refractivity contribution in [1.82, 2.24) is 5.32 Å². The van der Waals surface area contributed by atoms with E-state index >= 15 is 0 Å². The van der Waals surface area contributed by atoms with Crippen LogP contribution in [0.25, 0.3) is 0 Å². The van der Waals surface area contributed by atoms with E-state index in [4.69, 9.17) is 0 Å². The molecule has 4 rings (SSSR count). The molecule has 3 N–H and O–H groups in total. The Morgan fingerprint density at radius 2 is 1.89 bits per heavy atom. The Morgan fingerprint density at radius 3 is 2.79 bits per heavy atom. The van der Waals surface area contributed by atoms with Crippen LogP contribution in [0.5, 0.6) is 11.5 Å². The van der Waals surface area contributed by atoms with Gasteiger partial charge in [0.1, 0.15) is 0 Å². The minimum Gasteiger partial charge on any atom is -0.504 e. The predicted octanol–water partition coefficient (Wildman–Crippen LogP) is 2.71. The fourth-order valence-electron chi connectivity index (χ4n) is 3.43. The summed E-state index contributed by atoms with van der Waals surface area (Å²) in [5, 5.41) is 27.5. The lowest BCUT2D eigenvalue weighted by Crippen LogP contribution is -2.42. The molecule has 0 radical (unpaired) electrons. The zero-order valence-corrected chi connectivity index (χ0v) is 11.2. The molecule has 0 bridgehead atoms. The van der Waals surface area contributed by atoms with Gasteiger partial charge in [-0.15, -0.1) is 0 Å². The highest BCUT2D eigenvalue weighted by atomic mass is 32.1. The zero-order chi connectivity index (χ0) is 13.0. The smallest absolute Gasteiger partial charge is 0.157 e. The van der Waals surface area contributed by atoms with Crippen LogP contribution in [0.4, 0.5) is 0 Å². The molecular formula is C15H15NO2S. The van der Waals surface area contributed by atoms with Crippen molar-refractivity contribution in [2.45, 2.75) is 31.3 Å². The summed E-state index contributed by atoms with van der Waals surface area (Å²) >= 11 is 1.74. The van der Waals surface area contributed by atoms with Gasteiger partial charge in [0.15, 0.2) is 11.5 Å². The molecular weight excluding hydrogens is 258 g/mol. The molecule has 1 aliphatic carbocycles. The largest absolute Gasteiger partial charge is 0.504 e. The molecule has 98 valence electrons. The van der Waals surface area contributed by atoms with Crippen molar-refractivity contribution in [3.8, 4) is 11.5 Å². The molecule has 1 aromatic heterocycles. The molecule has 0 spiro atoms. The maximum Gasteiger partial charge on any atom is 0.157 e. The molecule has 4 heteroatoms. The third kappa shape index (κ3) is 1.60. The summed E-state index contributed by atoms with van der Waals surface area (Å²) in [6.45, 7) is 0.944. The van der Waals surface area contributed by atoms with Crippen LogP contribution >= 0.6 is 11.3 Å². The second kappa shape index (κ2) is 3.99. The molecule has 2 heterocycles. The fraction of sp³-hybridized carbons (Fsp3) is 0.333. The van der Waals surface area contributed by atoms with E-state index in [1.54, 1.807) is 23.5 Å². The number of phenolic OH excluding ortho intramolecular Hbond substituents is 2. The van der Waals surface area contributed by atoms with Gasteiger partial charge in [-0.05, 0) is 58.0 Å². The number of rotatable bonds is 0. The molecule has 0 unspecified atom stereocenters. The second-order valence-electron chi connectivity index (χ2n) is 5.40. The lowest BCUT2D eigenvalue weighted by atomic mass is 9.73. The van der Waals surface area contributed by atoms with Crippen molar-refractivity contribution in [3.63, 3.8) is 0 Å². The van der Waals surface area contributed by atoms with Crippen LogP contribution in [0, 0.1) is 0 Å². The van der Waals surface area contributed by atoms with Crippen molar-refractivity contribution in [2.24, 2.45) is 0 Å². The monoisotopic (exact) mass is 273 g/mol.